The fourth-order valence-electron chi connectivity index (χ4n) is 0.861. The number of hydrogen-bond acceptors (Lipinski definition) is 4. The number of aliphatic hydroxyl groups is 1. The molecule has 0 heterocycles. The first-order valence-corrected chi connectivity index (χ1v) is 6.56. The number of aliphatic hydroxyl groups excluding tert-OH is 1. The molecule has 0 aliphatic carbocycles. The molecule has 0 rings (SSSR count). The summed E-state index contributed by atoms with van der Waals surface area (Å²) < 4.78 is 32.1. The lowest BCUT2D eigenvalue weighted by Crippen LogP contribution is -2.45. The zero-order valence-corrected chi connectivity index (χ0v) is 11.2. The number of hydrogen-bond donors (Lipinski definition) is 2. The van der Waals surface area contributed by atoms with E-state index in [1.54, 1.807) is 13.8 Å². The fourth-order valence-corrected chi connectivity index (χ4v) is 1.98. The molecule has 16 heavy (non-hydrogen) atoms. The number of nitrogens with one attached hydrogen (secondary N) is 1. The number of ether oxygens (including phenoxy) is 1. The van der Waals surface area contributed by atoms with Gasteiger partial charge in [0.25, 0.3) is 10.2 Å². The van der Waals surface area contributed by atoms with Crippen molar-refractivity contribution < 1.29 is 18.3 Å². The Kier molecular flexibility index (Phi) is 6.42. The van der Waals surface area contributed by atoms with Gasteiger partial charge in [-0.3, -0.25) is 0 Å². The Morgan fingerprint density at radius 3 is 2.44 bits per heavy atom. The van der Waals surface area contributed by atoms with Gasteiger partial charge in [0.2, 0.25) is 0 Å². The zero-order valence-electron chi connectivity index (χ0n) is 10.4. The first-order valence-electron chi connectivity index (χ1n) is 5.12. The van der Waals surface area contributed by atoms with Gasteiger partial charge in [-0.2, -0.15) is 17.4 Å². The molecule has 0 bridgehead atoms. The van der Waals surface area contributed by atoms with Crippen LogP contribution in [-0.2, 0) is 14.9 Å². The molecule has 0 unspecified atom stereocenters. The largest absolute Gasteiger partial charge is 0.396 e. The van der Waals surface area contributed by atoms with Crippen LogP contribution >= 0.6 is 0 Å². The first kappa shape index (κ1) is 15.8. The van der Waals surface area contributed by atoms with Crippen molar-refractivity contribution in [3.8, 4) is 0 Å². The van der Waals surface area contributed by atoms with Crippen molar-refractivity contribution >= 4 is 10.2 Å². The minimum absolute atomic E-state index is 0.0244. The van der Waals surface area contributed by atoms with Crippen molar-refractivity contribution in [2.24, 2.45) is 0 Å². The van der Waals surface area contributed by atoms with Crippen LogP contribution in [0.15, 0.2) is 0 Å². The molecule has 0 spiro atoms. The average molecular weight is 254 g/mol. The van der Waals surface area contributed by atoms with Gasteiger partial charge in [-0.1, -0.05) is 0 Å². The Morgan fingerprint density at radius 1 is 1.44 bits per heavy atom. The smallest absolute Gasteiger partial charge is 0.279 e. The summed E-state index contributed by atoms with van der Waals surface area (Å²) in [5, 5.41) is 8.62. The van der Waals surface area contributed by atoms with E-state index in [4.69, 9.17) is 9.84 Å². The molecule has 0 saturated carbocycles. The van der Waals surface area contributed by atoms with Gasteiger partial charge in [0.05, 0.1) is 5.60 Å². The van der Waals surface area contributed by atoms with Gasteiger partial charge in [-0.15, -0.1) is 0 Å². The highest BCUT2D eigenvalue weighted by Gasteiger charge is 2.22. The lowest BCUT2D eigenvalue weighted by molar-refractivity contribution is 0.0273. The van der Waals surface area contributed by atoms with E-state index in [1.807, 2.05) is 0 Å². The summed E-state index contributed by atoms with van der Waals surface area (Å²) >= 11 is 0. The highest BCUT2D eigenvalue weighted by atomic mass is 32.2. The van der Waals surface area contributed by atoms with Crippen LogP contribution in [0.25, 0.3) is 0 Å². The van der Waals surface area contributed by atoms with Crippen LogP contribution in [0.4, 0.5) is 0 Å². The molecule has 0 amide bonds. The topological polar surface area (TPSA) is 78.9 Å². The Morgan fingerprint density at radius 2 is 2.00 bits per heavy atom. The molecule has 0 aliphatic heterocycles. The van der Waals surface area contributed by atoms with Gasteiger partial charge < -0.3 is 9.84 Å². The lowest BCUT2D eigenvalue weighted by Gasteiger charge is -2.25. The normalized spacial score (nSPS) is 13.4. The van der Waals surface area contributed by atoms with Gasteiger partial charge in [0, 0.05) is 33.9 Å². The summed E-state index contributed by atoms with van der Waals surface area (Å²) in [5.74, 6) is 0. The lowest BCUT2D eigenvalue weighted by atomic mass is 10.1. The van der Waals surface area contributed by atoms with Crippen molar-refractivity contribution in [2.75, 3.05) is 33.9 Å². The third-order valence-electron chi connectivity index (χ3n) is 2.27. The highest BCUT2D eigenvalue weighted by Crippen LogP contribution is 2.06. The van der Waals surface area contributed by atoms with E-state index >= 15 is 0 Å². The van der Waals surface area contributed by atoms with Crippen molar-refractivity contribution in [1.29, 1.82) is 0 Å². The van der Waals surface area contributed by atoms with E-state index in [2.05, 4.69) is 4.72 Å². The maximum atomic E-state index is 11.7. The maximum absolute atomic E-state index is 11.7. The van der Waals surface area contributed by atoms with E-state index in [1.165, 1.54) is 18.5 Å². The molecule has 0 aromatic carbocycles. The monoisotopic (exact) mass is 254 g/mol. The molecule has 0 fully saturated rings. The fraction of sp³-hybridized carbons (Fsp3) is 1.00. The van der Waals surface area contributed by atoms with Crippen molar-refractivity contribution in [1.82, 2.24) is 9.03 Å². The molecule has 0 aliphatic rings. The van der Waals surface area contributed by atoms with E-state index in [0.29, 0.717) is 13.0 Å². The Balaban J connectivity index is 4.24. The average Bonchev–Trinajstić information content (AvgIpc) is 2.23. The predicted molar refractivity (Wildman–Crippen MR) is 62.3 cm³/mol. The maximum Gasteiger partial charge on any atom is 0.279 e. The van der Waals surface area contributed by atoms with Crippen molar-refractivity contribution in [3.05, 3.63) is 0 Å². The van der Waals surface area contributed by atoms with Crippen LogP contribution in [0.3, 0.4) is 0 Å². The zero-order chi connectivity index (χ0) is 12.8. The molecule has 6 nitrogen and oxygen atoms in total. The van der Waals surface area contributed by atoms with Crippen molar-refractivity contribution in [3.63, 3.8) is 0 Å². The Bertz CT molecular complexity index is 290. The molecular weight excluding hydrogens is 232 g/mol. The molecule has 0 atom stereocenters. The van der Waals surface area contributed by atoms with Crippen LogP contribution in [0.1, 0.15) is 20.3 Å². The second-order valence-electron chi connectivity index (χ2n) is 4.19. The molecular formula is C9H22N2O4S. The summed E-state index contributed by atoms with van der Waals surface area (Å²) in [6.07, 6.45) is 0.422. The minimum Gasteiger partial charge on any atom is -0.396 e. The number of methoxy groups -OCH3 is 1. The Labute approximate surface area is 97.8 Å². The number of rotatable bonds is 8. The Hall–Kier alpha value is -0.210. The molecule has 0 aromatic rings. The number of nitrogens with zero attached hydrogens (tertiary/aromatic N) is 1. The molecule has 0 aromatic heterocycles. The van der Waals surface area contributed by atoms with Gasteiger partial charge in [0.15, 0.2) is 0 Å². The van der Waals surface area contributed by atoms with Gasteiger partial charge in [-0.05, 0) is 20.3 Å². The summed E-state index contributed by atoms with van der Waals surface area (Å²) in [4.78, 5) is 0. The third kappa shape index (κ3) is 5.76. The standard InChI is InChI=1S/C9H22N2O4S/c1-9(2,15-4)8-10-16(13,14)11(3)6-5-7-12/h10,12H,5-8H2,1-4H3. The molecule has 0 saturated heterocycles. The quantitative estimate of drug-likeness (QED) is 0.615. The van der Waals surface area contributed by atoms with Crippen LogP contribution in [0, 0.1) is 0 Å². The van der Waals surface area contributed by atoms with E-state index in [-0.39, 0.29) is 13.2 Å². The second kappa shape index (κ2) is 6.51. The van der Waals surface area contributed by atoms with Gasteiger partial charge >= 0.3 is 0 Å². The summed E-state index contributed by atoms with van der Waals surface area (Å²) in [6.45, 7) is 4.06. The van der Waals surface area contributed by atoms with Crippen LogP contribution in [0.2, 0.25) is 0 Å². The summed E-state index contributed by atoms with van der Waals surface area (Å²) in [7, 11) is -0.482. The van der Waals surface area contributed by atoms with Crippen LogP contribution < -0.4 is 4.72 Å². The second-order valence-corrected chi connectivity index (χ2v) is 6.05. The third-order valence-corrected chi connectivity index (χ3v) is 3.79. The molecule has 7 heteroatoms. The van der Waals surface area contributed by atoms with Gasteiger partial charge in [-0.25, -0.2) is 0 Å². The predicted octanol–water partition coefficient (Wildman–Crippen LogP) is -0.440. The minimum atomic E-state index is -3.48. The summed E-state index contributed by atoms with van der Waals surface area (Å²) in [6, 6.07) is 0. The molecule has 98 valence electrons. The van der Waals surface area contributed by atoms with E-state index < -0.39 is 15.8 Å². The molecule has 0 radical (unpaired) electrons. The van der Waals surface area contributed by atoms with E-state index in [9.17, 15) is 8.42 Å². The summed E-state index contributed by atoms with van der Waals surface area (Å²) in [5.41, 5.74) is -0.537. The molecule has 2 N–H and O–H groups in total. The van der Waals surface area contributed by atoms with E-state index in [0.717, 1.165) is 0 Å². The first-order chi connectivity index (χ1) is 7.25. The highest BCUT2D eigenvalue weighted by molar-refractivity contribution is 7.87. The van der Waals surface area contributed by atoms with Crippen LogP contribution in [0.5, 0.6) is 0 Å². The van der Waals surface area contributed by atoms with Gasteiger partial charge in [0.1, 0.15) is 0 Å². The SMILES string of the molecule is COC(C)(C)CNS(=O)(=O)N(C)CCCO. The van der Waals surface area contributed by atoms with Crippen molar-refractivity contribution in [2.45, 2.75) is 25.9 Å². The van der Waals surface area contributed by atoms with Crippen LogP contribution in [-0.4, -0.2) is 57.3 Å².